The van der Waals surface area contributed by atoms with Crippen LogP contribution in [0.3, 0.4) is 0 Å². The van der Waals surface area contributed by atoms with Gasteiger partial charge in [-0.25, -0.2) is 0 Å². The first kappa shape index (κ1) is 23.0. The molecule has 0 aromatic heterocycles. The molecule has 10 unspecified atom stereocenters. The Balaban J connectivity index is 1.62. The second-order valence-electron chi connectivity index (χ2n) is 11.9. The van der Waals surface area contributed by atoms with Crippen LogP contribution in [0.2, 0.25) is 0 Å². The molecule has 2 heterocycles. The molecule has 6 nitrogen and oxygen atoms in total. The largest absolute Gasteiger partial charge is 0.399 e. The van der Waals surface area contributed by atoms with Crippen molar-refractivity contribution in [3.05, 3.63) is 0 Å². The molecule has 5 rings (SSSR count). The number of amides is 1. The van der Waals surface area contributed by atoms with Crippen molar-refractivity contribution in [2.45, 2.75) is 82.9 Å². The monoisotopic (exact) mass is 464 g/mol. The molecule has 1 amide bonds. The van der Waals surface area contributed by atoms with E-state index in [1.165, 1.54) is 6.42 Å². The van der Waals surface area contributed by atoms with Crippen molar-refractivity contribution >= 4 is 23.4 Å². The van der Waals surface area contributed by atoms with Crippen molar-refractivity contribution in [2.75, 3.05) is 19.9 Å². The minimum absolute atomic E-state index is 0.0230. The number of carbonyl (C=O) groups excluding carboxylic acids is 1. The van der Waals surface area contributed by atoms with Crippen LogP contribution in [0, 0.1) is 40.4 Å². The molecule has 3 aliphatic carbocycles. The molecule has 7 heteroatoms. The van der Waals surface area contributed by atoms with Crippen molar-refractivity contribution in [3.8, 4) is 0 Å². The Bertz CT molecular complexity index is 818. The minimum Gasteiger partial charge on any atom is -0.399 e. The highest BCUT2D eigenvalue weighted by molar-refractivity contribution is 7.99. The first-order valence-electron chi connectivity index (χ1n) is 12.4. The van der Waals surface area contributed by atoms with Gasteiger partial charge in [0.1, 0.15) is 7.11 Å². The molecule has 0 aromatic rings. The van der Waals surface area contributed by atoms with Gasteiger partial charge in [0.2, 0.25) is 5.91 Å². The SMILES string of the molecule is CON=C1C(SC)CC23OC4C(CC2(C)C(C)CCC3C1(C)C)C(O)CC1C(=O)NCC14. The Morgan fingerprint density at radius 3 is 2.66 bits per heavy atom. The van der Waals surface area contributed by atoms with Crippen molar-refractivity contribution in [2.24, 2.45) is 45.6 Å². The van der Waals surface area contributed by atoms with Crippen LogP contribution in [0.15, 0.2) is 5.16 Å². The maximum absolute atomic E-state index is 12.5. The lowest BCUT2D eigenvalue weighted by atomic mass is 9.42. The summed E-state index contributed by atoms with van der Waals surface area (Å²) in [4.78, 5) is 17.8. The maximum Gasteiger partial charge on any atom is 0.223 e. The van der Waals surface area contributed by atoms with Gasteiger partial charge in [-0.3, -0.25) is 4.79 Å². The second kappa shape index (κ2) is 7.61. The topological polar surface area (TPSA) is 80.2 Å². The van der Waals surface area contributed by atoms with Gasteiger partial charge in [0.25, 0.3) is 0 Å². The van der Waals surface area contributed by atoms with Gasteiger partial charge >= 0.3 is 0 Å². The first-order chi connectivity index (χ1) is 15.1. The first-order valence-corrected chi connectivity index (χ1v) is 13.7. The van der Waals surface area contributed by atoms with Crippen LogP contribution >= 0.6 is 11.8 Å². The number of rotatable bonds is 2. The summed E-state index contributed by atoms with van der Waals surface area (Å²) >= 11 is 1.85. The number of oxime groups is 1. The van der Waals surface area contributed by atoms with Crippen LogP contribution < -0.4 is 5.32 Å². The van der Waals surface area contributed by atoms with Crippen molar-refractivity contribution in [1.82, 2.24) is 5.32 Å². The van der Waals surface area contributed by atoms with Crippen LogP contribution in [0.1, 0.15) is 59.8 Å². The number of carbonyl (C=O) groups is 1. The average Bonchev–Trinajstić information content (AvgIpc) is 3.11. The molecule has 0 radical (unpaired) electrons. The number of hydrogen-bond donors (Lipinski definition) is 2. The highest BCUT2D eigenvalue weighted by Gasteiger charge is 2.71. The van der Waals surface area contributed by atoms with Gasteiger partial charge in [-0.2, -0.15) is 11.8 Å². The fraction of sp³-hybridized carbons (Fsp3) is 0.920. The zero-order valence-corrected chi connectivity index (χ0v) is 21.2. The third kappa shape index (κ3) is 2.86. The summed E-state index contributed by atoms with van der Waals surface area (Å²) in [5.41, 5.74) is 0.686. The number of nitrogens with zero attached hydrogens (tertiary/aromatic N) is 1. The Morgan fingerprint density at radius 1 is 1.22 bits per heavy atom. The third-order valence-electron chi connectivity index (χ3n) is 10.5. The average molecular weight is 465 g/mol. The fourth-order valence-electron chi connectivity index (χ4n) is 8.62. The smallest absolute Gasteiger partial charge is 0.223 e. The summed E-state index contributed by atoms with van der Waals surface area (Å²) in [7, 11) is 1.65. The predicted octanol–water partition coefficient (Wildman–Crippen LogP) is 3.47. The molecule has 1 spiro atoms. The Kier molecular flexibility index (Phi) is 5.46. The van der Waals surface area contributed by atoms with E-state index in [9.17, 15) is 9.90 Å². The van der Waals surface area contributed by atoms with E-state index < -0.39 is 6.10 Å². The van der Waals surface area contributed by atoms with Gasteiger partial charge in [0.15, 0.2) is 0 Å². The molecule has 2 aliphatic heterocycles. The van der Waals surface area contributed by atoms with E-state index in [0.29, 0.717) is 24.8 Å². The molecular formula is C25H40N2O4S. The van der Waals surface area contributed by atoms with E-state index in [4.69, 9.17) is 9.57 Å². The van der Waals surface area contributed by atoms with Gasteiger partial charge in [-0.05, 0) is 55.6 Å². The lowest BCUT2D eigenvalue weighted by molar-refractivity contribution is -0.318. The fourth-order valence-corrected chi connectivity index (χ4v) is 9.61. The Hall–Kier alpha value is -0.790. The van der Waals surface area contributed by atoms with Crippen molar-refractivity contribution < 1.29 is 19.5 Å². The van der Waals surface area contributed by atoms with Crippen LogP contribution in [0.4, 0.5) is 0 Å². The minimum atomic E-state index is -0.467. The standard InChI is InChI=1S/C25H40N2O4S/c1-13-7-8-19-23(2,3)21(27-30-5)18(32-6)11-25(19)24(13,4)10-15-17(28)9-14-16(20(15)31-25)12-26-22(14)29/h13-20,28H,7-12H2,1-6H3,(H,26,29). The lowest BCUT2D eigenvalue weighted by Gasteiger charge is -2.70. The van der Waals surface area contributed by atoms with Crippen LogP contribution in [0.5, 0.6) is 0 Å². The molecule has 5 fully saturated rings. The molecular weight excluding hydrogens is 424 g/mol. The number of thioether (sulfide) groups is 1. The normalized spacial score (nSPS) is 53.0. The number of fused-ring (bicyclic) bond motifs is 3. The molecule has 0 aromatic carbocycles. The van der Waals surface area contributed by atoms with Gasteiger partial charge in [-0.15, -0.1) is 0 Å². The summed E-state index contributed by atoms with van der Waals surface area (Å²) < 4.78 is 7.42. The van der Waals surface area contributed by atoms with E-state index in [2.05, 4.69) is 44.4 Å². The Morgan fingerprint density at radius 2 is 1.97 bits per heavy atom. The van der Waals surface area contributed by atoms with E-state index in [1.807, 2.05) is 11.8 Å². The number of hydrogen-bond acceptors (Lipinski definition) is 6. The summed E-state index contributed by atoms with van der Waals surface area (Å²) in [6.07, 6.45) is 6.38. The summed E-state index contributed by atoms with van der Waals surface area (Å²) in [6.45, 7) is 10.1. The molecule has 10 atom stereocenters. The van der Waals surface area contributed by atoms with Crippen LogP contribution in [-0.4, -0.2) is 59.7 Å². The van der Waals surface area contributed by atoms with Crippen molar-refractivity contribution in [1.29, 1.82) is 0 Å². The van der Waals surface area contributed by atoms with E-state index in [-0.39, 0.29) is 51.4 Å². The van der Waals surface area contributed by atoms with Gasteiger partial charge < -0.3 is 20.0 Å². The number of ether oxygens (including phenoxy) is 1. The number of aliphatic hydroxyl groups excluding tert-OH is 1. The van der Waals surface area contributed by atoms with Gasteiger partial charge in [-0.1, -0.05) is 32.9 Å². The number of nitrogens with one attached hydrogen (secondary N) is 1. The predicted molar refractivity (Wildman–Crippen MR) is 126 cm³/mol. The van der Waals surface area contributed by atoms with Crippen LogP contribution in [-0.2, 0) is 14.4 Å². The molecule has 0 bridgehead atoms. The molecule has 32 heavy (non-hydrogen) atoms. The van der Waals surface area contributed by atoms with Crippen LogP contribution in [0.25, 0.3) is 0 Å². The molecule has 180 valence electrons. The highest BCUT2D eigenvalue weighted by atomic mass is 32.2. The number of aliphatic hydroxyl groups is 1. The quantitative estimate of drug-likeness (QED) is 0.612. The zero-order chi connectivity index (χ0) is 23.1. The van der Waals surface area contributed by atoms with Crippen molar-refractivity contribution in [3.63, 3.8) is 0 Å². The zero-order valence-electron chi connectivity index (χ0n) is 20.4. The maximum atomic E-state index is 12.5. The second-order valence-corrected chi connectivity index (χ2v) is 13.0. The summed E-state index contributed by atoms with van der Waals surface area (Å²) in [5.74, 6) is 1.09. The van der Waals surface area contributed by atoms with E-state index >= 15 is 0 Å². The molecule has 2 N–H and O–H groups in total. The third-order valence-corrected chi connectivity index (χ3v) is 11.5. The van der Waals surface area contributed by atoms with E-state index in [1.54, 1.807) is 7.11 Å². The summed E-state index contributed by atoms with van der Waals surface area (Å²) in [5, 5.41) is 19.0. The molecule has 3 saturated carbocycles. The van der Waals surface area contributed by atoms with Gasteiger partial charge in [0, 0.05) is 35.0 Å². The highest BCUT2D eigenvalue weighted by Crippen LogP contribution is 2.68. The molecule has 2 saturated heterocycles. The lowest BCUT2D eigenvalue weighted by Crippen LogP contribution is -2.74. The van der Waals surface area contributed by atoms with E-state index in [0.717, 1.165) is 25.0 Å². The van der Waals surface area contributed by atoms with Gasteiger partial charge in [0.05, 0.1) is 23.5 Å². The Labute approximate surface area is 196 Å². The summed E-state index contributed by atoms with van der Waals surface area (Å²) in [6, 6.07) is 0. The molecule has 5 aliphatic rings.